The monoisotopic (exact) mass is 297 g/mol. The standard InChI is InChI=1S/C17H19N3O2/c18-19-17(13-4-6-16(21)7-5-13)14-2-1-3-15(12-14)20-8-10-22-11-9-20/h1-7,12,21H,8-11,18H2. The fourth-order valence-electron chi connectivity index (χ4n) is 2.61. The van der Waals surface area contributed by atoms with Crippen LogP contribution < -0.4 is 10.7 Å². The number of nitrogens with two attached hydrogens (primary N) is 1. The molecule has 1 heterocycles. The number of phenols is 1. The van der Waals surface area contributed by atoms with Crippen molar-refractivity contribution in [2.24, 2.45) is 10.9 Å². The first-order chi connectivity index (χ1) is 10.8. The van der Waals surface area contributed by atoms with E-state index in [2.05, 4.69) is 22.1 Å². The number of nitrogens with zero attached hydrogens (tertiary/aromatic N) is 2. The zero-order chi connectivity index (χ0) is 15.4. The average Bonchev–Trinajstić information content (AvgIpc) is 2.58. The summed E-state index contributed by atoms with van der Waals surface area (Å²) >= 11 is 0. The zero-order valence-corrected chi connectivity index (χ0v) is 12.3. The minimum atomic E-state index is 0.224. The van der Waals surface area contributed by atoms with E-state index in [1.54, 1.807) is 12.1 Å². The quantitative estimate of drug-likeness (QED) is 0.516. The summed E-state index contributed by atoms with van der Waals surface area (Å²) in [6, 6.07) is 15.0. The fraction of sp³-hybridized carbons (Fsp3) is 0.235. The molecule has 3 rings (SSSR count). The van der Waals surface area contributed by atoms with Gasteiger partial charge in [0.05, 0.1) is 18.9 Å². The van der Waals surface area contributed by atoms with Gasteiger partial charge in [-0.15, -0.1) is 0 Å². The molecule has 0 amide bonds. The Morgan fingerprint density at radius 2 is 1.77 bits per heavy atom. The van der Waals surface area contributed by atoms with Crippen LogP contribution in [0.2, 0.25) is 0 Å². The Labute approximate surface area is 129 Å². The van der Waals surface area contributed by atoms with Crippen molar-refractivity contribution in [2.45, 2.75) is 0 Å². The summed E-state index contributed by atoms with van der Waals surface area (Å²) in [5, 5.41) is 13.3. The molecule has 5 heteroatoms. The number of phenolic OH excluding ortho intramolecular Hbond substituents is 1. The molecule has 0 saturated carbocycles. The number of anilines is 1. The van der Waals surface area contributed by atoms with Crippen molar-refractivity contribution >= 4 is 11.4 Å². The number of ether oxygens (including phenoxy) is 1. The van der Waals surface area contributed by atoms with Crippen LogP contribution in [0.1, 0.15) is 11.1 Å². The Morgan fingerprint density at radius 3 is 2.45 bits per heavy atom. The van der Waals surface area contributed by atoms with Gasteiger partial charge >= 0.3 is 0 Å². The second-order valence-electron chi connectivity index (χ2n) is 5.17. The molecule has 2 aromatic carbocycles. The van der Waals surface area contributed by atoms with Gasteiger partial charge in [0.25, 0.3) is 0 Å². The summed E-state index contributed by atoms with van der Waals surface area (Å²) in [6.07, 6.45) is 0. The van der Waals surface area contributed by atoms with E-state index in [-0.39, 0.29) is 5.75 Å². The summed E-state index contributed by atoms with van der Waals surface area (Å²) in [5.41, 5.74) is 3.67. The average molecular weight is 297 g/mol. The number of benzene rings is 2. The number of aromatic hydroxyl groups is 1. The van der Waals surface area contributed by atoms with E-state index in [0.717, 1.165) is 43.1 Å². The van der Waals surface area contributed by atoms with Crippen molar-refractivity contribution < 1.29 is 9.84 Å². The lowest BCUT2D eigenvalue weighted by atomic mass is 10.0. The molecule has 0 spiro atoms. The Morgan fingerprint density at radius 1 is 1.05 bits per heavy atom. The fourth-order valence-corrected chi connectivity index (χ4v) is 2.61. The molecule has 0 aliphatic carbocycles. The lowest BCUT2D eigenvalue weighted by Crippen LogP contribution is -2.36. The molecule has 0 atom stereocenters. The summed E-state index contributed by atoms with van der Waals surface area (Å²) in [4.78, 5) is 2.29. The first-order valence-corrected chi connectivity index (χ1v) is 7.28. The van der Waals surface area contributed by atoms with Gasteiger partial charge in [-0.1, -0.05) is 12.1 Å². The second kappa shape index (κ2) is 6.49. The van der Waals surface area contributed by atoms with E-state index in [0.29, 0.717) is 5.71 Å². The third kappa shape index (κ3) is 3.04. The van der Waals surface area contributed by atoms with Crippen LogP contribution in [0.4, 0.5) is 5.69 Å². The van der Waals surface area contributed by atoms with Crippen LogP contribution in [-0.2, 0) is 4.74 Å². The molecular formula is C17H19N3O2. The Kier molecular flexibility index (Phi) is 4.25. The van der Waals surface area contributed by atoms with Crippen molar-refractivity contribution in [1.82, 2.24) is 0 Å². The number of hydrogen-bond donors (Lipinski definition) is 2. The van der Waals surface area contributed by atoms with Crippen molar-refractivity contribution in [1.29, 1.82) is 0 Å². The minimum Gasteiger partial charge on any atom is -0.508 e. The van der Waals surface area contributed by atoms with Crippen molar-refractivity contribution in [3.8, 4) is 5.75 Å². The van der Waals surface area contributed by atoms with Crippen LogP contribution in [-0.4, -0.2) is 37.1 Å². The second-order valence-corrected chi connectivity index (χ2v) is 5.17. The van der Waals surface area contributed by atoms with Crippen molar-refractivity contribution in [3.63, 3.8) is 0 Å². The number of morpholine rings is 1. The third-order valence-electron chi connectivity index (χ3n) is 3.77. The molecule has 5 nitrogen and oxygen atoms in total. The SMILES string of the molecule is NN=C(c1ccc(O)cc1)c1cccc(N2CCOCC2)c1. The highest BCUT2D eigenvalue weighted by Crippen LogP contribution is 2.21. The summed E-state index contributed by atoms with van der Waals surface area (Å²) in [5.74, 6) is 5.82. The van der Waals surface area contributed by atoms with Gasteiger partial charge in [-0.25, -0.2) is 0 Å². The highest BCUT2D eigenvalue weighted by Gasteiger charge is 2.13. The van der Waals surface area contributed by atoms with Gasteiger partial charge in [0.1, 0.15) is 5.75 Å². The molecule has 2 aromatic rings. The van der Waals surface area contributed by atoms with E-state index < -0.39 is 0 Å². The van der Waals surface area contributed by atoms with Gasteiger partial charge in [0, 0.05) is 29.9 Å². The molecule has 1 fully saturated rings. The molecular weight excluding hydrogens is 278 g/mol. The van der Waals surface area contributed by atoms with E-state index in [1.807, 2.05) is 24.3 Å². The maximum atomic E-state index is 9.41. The summed E-state index contributed by atoms with van der Waals surface area (Å²) in [7, 11) is 0. The van der Waals surface area contributed by atoms with Crippen molar-refractivity contribution in [3.05, 3.63) is 59.7 Å². The molecule has 0 radical (unpaired) electrons. The summed E-state index contributed by atoms with van der Waals surface area (Å²) < 4.78 is 5.39. The highest BCUT2D eigenvalue weighted by atomic mass is 16.5. The molecule has 0 unspecified atom stereocenters. The zero-order valence-electron chi connectivity index (χ0n) is 12.3. The van der Waals surface area contributed by atoms with E-state index in [1.165, 1.54) is 0 Å². The molecule has 1 aliphatic rings. The van der Waals surface area contributed by atoms with Crippen LogP contribution >= 0.6 is 0 Å². The van der Waals surface area contributed by atoms with Crippen LogP contribution in [0.3, 0.4) is 0 Å². The number of hydrogen-bond acceptors (Lipinski definition) is 5. The normalized spacial score (nSPS) is 15.8. The minimum absolute atomic E-state index is 0.224. The topological polar surface area (TPSA) is 71.1 Å². The maximum absolute atomic E-state index is 9.41. The van der Waals surface area contributed by atoms with E-state index in [9.17, 15) is 5.11 Å². The predicted octanol–water partition coefficient (Wildman–Crippen LogP) is 1.94. The van der Waals surface area contributed by atoms with Crippen LogP contribution in [0.5, 0.6) is 5.75 Å². The molecule has 0 bridgehead atoms. The third-order valence-corrected chi connectivity index (χ3v) is 3.77. The van der Waals surface area contributed by atoms with Gasteiger partial charge < -0.3 is 20.6 Å². The highest BCUT2D eigenvalue weighted by molar-refractivity contribution is 6.13. The lowest BCUT2D eigenvalue weighted by molar-refractivity contribution is 0.122. The first-order valence-electron chi connectivity index (χ1n) is 7.28. The van der Waals surface area contributed by atoms with Crippen molar-refractivity contribution in [2.75, 3.05) is 31.2 Å². The molecule has 0 aromatic heterocycles. The van der Waals surface area contributed by atoms with Crippen LogP contribution in [0.25, 0.3) is 0 Å². The first kappa shape index (κ1) is 14.4. The molecule has 22 heavy (non-hydrogen) atoms. The van der Waals surface area contributed by atoms with Gasteiger partial charge in [0.2, 0.25) is 0 Å². The van der Waals surface area contributed by atoms with Crippen LogP contribution in [0.15, 0.2) is 53.6 Å². The Bertz CT molecular complexity index is 662. The molecule has 1 saturated heterocycles. The van der Waals surface area contributed by atoms with Crippen LogP contribution in [0, 0.1) is 0 Å². The lowest BCUT2D eigenvalue weighted by Gasteiger charge is -2.29. The number of hydrazone groups is 1. The van der Waals surface area contributed by atoms with Gasteiger partial charge in [-0.3, -0.25) is 0 Å². The largest absolute Gasteiger partial charge is 0.508 e. The summed E-state index contributed by atoms with van der Waals surface area (Å²) in [6.45, 7) is 3.27. The molecule has 114 valence electrons. The van der Waals surface area contributed by atoms with E-state index >= 15 is 0 Å². The van der Waals surface area contributed by atoms with Gasteiger partial charge in [-0.2, -0.15) is 5.10 Å². The number of rotatable bonds is 3. The van der Waals surface area contributed by atoms with Gasteiger partial charge in [0.15, 0.2) is 0 Å². The molecule has 3 N–H and O–H groups in total. The Balaban J connectivity index is 1.91. The molecule has 1 aliphatic heterocycles. The van der Waals surface area contributed by atoms with Gasteiger partial charge in [-0.05, 0) is 36.4 Å². The Hall–Kier alpha value is -2.53. The smallest absolute Gasteiger partial charge is 0.115 e. The van der Waals surface area contributed by atoms with E-state index in [4.69, 9.17) is 10.6 Å². The predicted molar refractivity (Wildman–Crippen MR) is 87.4 cm³/mol. The maximum Gasteiger partial charge on any atom is 0.115 e.